The Bertz CT molecular complexity index is 397. The molecule has 0 aromatic heterocycles. The Hall–Kier alpha value is -0.520. The van der Waals surface area contributed by atoms with Crippen molar-refractivity contribution in [2.75, 3.05) is 20.1 Å². The maximum Gasteiger partial charge on any atom is 0.144 e. The molecule has 0 saturated carbocycles. The van der Waals surface area contributed by atoms with E-state index in [4.69, 9.17) is 0 Å². The molecule has 0 bridgehead atoms. The number of benzene rings is 1. The molecule has 0 aliphatic rings. The smallest absolute Gasteiger partial charge is 0.144 e. The van der Waals surface area contributed by atoms with E-state index in [0.29, 0.717) is 17.1 Å². The van der Waals surface area contributed by atoms with Crippen molar-refractivity contribution in [3.63, 3.8) is 0 Å². The lowest BCUT2D eigenvalue weighted by molar-refractivity contribution is 0.273. The van der Waals surface area contributed by atoms with Gasteiger partial charge in [-0.1, -0.05) is 0 Å². The van der Waals surface area contributed by atoms with E-state index in [-0.39, 0.29) is 12.1 Å². The van der Waals surface area contributed by atoms with Crippen LogP contribution in [0, 0.1) is 11.6 Å². The van der Waals surface area contributed by atoms with Crippen LogP contribution in [0.2, 0.25) is 0 Å². The topological polar surface area (TPSA) is 15.3 Å². The Morgan fingerprint density at radius 2 is 2.00 bits per heavy atom. The second-order valence-electron chi connectivity index (χ2n) is 4.57. The average molecular weight is 321 g/mol. The zero-order valence-electron chi connectivity index (χ0n) is 10.9. The van der Waals surface area contributed by atoms with Crippen molar-refractivity contribution in [2.45, 2.75) is 26.4 Å². The molecular formula is C13H19BrF2N2. The first-order chi connectivity index (χ1) is 8.43. The van der Waals surface area contributed by atoms with Gasteiger partial charge in [0, 0.05) is 31.2 Å². The fourth-order valence-electron chi connectivity index (χ4n) is 1.46. The molecule has 2 nitrogen and oxygen atoms in total. The van der Waals surface area contributed by atoms with Crippen LogP contribution in [0.15, 0.2) is 16.6 Å². The third-order valence-electron chi connectivity index (χ3n) is 2.96. The zero-order chi connectivity index (χ0) is 13.7. The molecule has 5 heteroatoms. The summed E-state index contributed by atoms with van der Waals surface area (Å²) >= 11 is 3.05. The largest absolute Gasteiger partial charge is 0.311 e. The van der Waals surface area contributed by atoms with Gasteiger partial charge in [-0.3, -0.25) is 0 Å². The van der Waals surface area contributed by atoms with Gasteiger partial charge in [-0.25, -0.2) is 8.78 Å². The molecule has 1 N–H and O–H groups in total. The summed E-state index contributed by atoms with van der Waals surface area (Å²) in [6.07, 6.45) is 0. The van der Waals surface area contributed by atoms with Crippen LogP contribution in [0.25, 0.3) is 0 Å². The van der Waals surface area contributed by atoms with Crippen molar-refractivity contribution in [1.29, 1.82) is 0 Å². The number of nitrogens with zero attached hydrogens (tertiary/aromatic N) is 1. The Labute approximate surface area is 115 Å². The molecule has 102 valence electrons. The first kappa shape index (κ1) is 15.5. The SMILES string of the molecule is CC(C)N(C)CCNCc1c(F)ccc(Br)c1F. The maximum absolute atomic E-state index is 13.6. The molecular weight excluding hydrogens is 302 g/mol. The predicted molar refractivity (Wildman–Crippen MR) is 73.5 cm³/mol. The molecule has 1 aromatic carbocycles. The molecule has 0 saturated heterocycles. The van der Waals surface area contributed by atoms with Gasteiger partial charge in [0.05, 0.1) is 4.47 Å². The van der Waals surface area contributed by atoms with Crippen molar-refractivity contribution in [3.05, 3.63) is 33.8 Å². The van der Waals surface area contributed by atoms with Gasteiger partial charge >= 0.3 is 0 Å². The quantitative estimate of drug-likeness (QED) is 0.640. The second kappa shape index (κ2) is 7.16. The lowest BCUT2D eigenvalue weighted by atomic mass is 10.2. The number of hydrogen-bond donors (Lipinski definition) is 1. The fraction of sp³-hybridized carbons (Fsp3) is 0.538. The number of likely N-dealkylation sites (N-methyl/N-ethyl adjacent to an activating group) is 1. The lowest BCUT2D eigenvalue weighted by Gasteiger charge is -2.21. The van der Waals surface area contributed by atoms with Crippen molar-refractivity contribution in [3.8, 4) is 0 Å². The minimum Gasteiger partial charge on any atom is -0.311 e. The molecule has 0 spiro atoms. The minimum atomic E-state index is -0.528. The van der Waals surface area contributed by atoms with Gasteiger partial charge in [-0.15, -0.1) is 0 Å². The van der Waals surface area contributed by atoms with Gasteiger partial charge < -0.3 is 10.2 Å². The highest BCUT2D eigenvalue weighted by Crippen LogP contribution is 2.21. The summed E-state index contributed by atoms with van der Waals surface area (Å²) in [7, 11) is 2.02. The molecule has 0 fully saturated rings. The van der Waals surface area contributed by atoms with Gasteiger partial charge in [0.2, 0.25) is 0 Å². The molecule has 0 radical (unpaired) electrons. The minimum absolute atomic E-state index is 0.0802. The van der Waals surface area contributed by atoms with E-state index < -0.39 is 11.6 Å². The van der Waals surface area contributed by atoms with Gasteiger partial charge in [0.25, 0.3) is 0 Å². The first-order valence-electron chi connectivity index (χ1n) is 5.96. The summed E-state index contributed by atoms with van der Waals surface area (Å²) in [5, 5.41) is 3.05. The van der Waals surface area contributed by atoms with Crippen molar-refractivity contribution in [1.82, 2.24) is 10.2 Å². The maximum atomic E-state index is 13.6. The summed E-state index contributed by atoms with van der Waals surface area (Å²) in [6, 6.07) is 3.11. The van der Waals surface area contributed by atoms with E-state index >= 15 is 0 Å². The van der Waals surface area contributed by atoms with Crippen LogP contribution in [0.3, 0.4) is 0 Å². The number of hydrogen-bond acceptors (Lipinski definition) is 2. The van der Waals surface area contributed by atoms with Crippen LogP contribution >= 0.6 is 15.9 Å². The fourth-order valence-corrected chi connectivity index (χ4v) is 1.83. The molecule has 18 heavy (non-hydrogen) atoms. The van der Waals surface area contributed by atoms with Crippen molar-refractivity contribution in [2.24, 2.45) is 0 Å². The molecule has 0 heterocycles. The number of rotatable bonds is 6. The summed E-state index contributed by atoms with van der Waals surface area (Å²) < 4.78 is 27.4. The van der Waals surface area contributed by atoms with Gasteiger partial charge in [-0.2, -0.15) is 0 Å². The lowest BCUT2D eigenvalue weighted by Crippen LogP contribution is -2.33. The highest BCUT2D eigenvalue weighted by Gasteiger charge is 2.11. The Kier molecular flexibility index (Phi) is 6.18. The Morgan fingerprint density at radius 3 is 2.61 bits per heavy atom. The zero-order valence-corrected chi connectivity index (χ0v) is 12.5. The molecule has 0 unspecified atom stereocenters. The Balaban J connectivity index is 2.47. The number of halogens is 3. The summed E-state index contributed by atoms with van der Waals surface area (Å²) in [5.74, 6) is -1.04. The van der Waals surface area contributed by atoms with Crippen LogP contribution < -0.4 is 5.32 Å². The van der Waals surface area contributed by atoms with Crippen LogP contribution in [0.1, 0.15) is 19.4 Å². The van der Waals surface area contributed by atoms with Gasteiger partial charge in [0.15, 0.2) is 0 Å². The van der Waals surface area contributed by atoms with E-state index in [1.807, 2.05) is 7.05 Å². The predicted octanol–water partition coefficient (Wildman–Crippen LogP) is 3.16. The monoisotopic (exact) mass is 320 g/mol. The highest BCUT2D eigenvalue weighted by atomic mass is 79.9. The third-order valence-corrected chi connectivity index (χ3v) is 3.58. The second-order valence-corrected chi connectivity index (χ2v) is 5.43. The molecule has 0 atom stereocenters. The number of nitrogens with one attached hydrogen (secondary N) is 1. The van der Waals surface area contributed by atoms with E-state index in [1.54, 1.807) is 0 Å². The molecule has 0 aliphatic heterocycles. The molecule has 0 amide bonds. The van der Waals surface area contributed by atoms with Crippen LogP contribution in [0.5, 0.6) is 0 Å². The van der Waals surface area contributed by atoms with Crippen LogP contribution in [-0.2, 0) is 6.54 Å². The van der Waals surface area contributed by atoms with E-state index in [2.05, 4.69) is 40.0 Å². The van der Waals surface area contributed by atoms with E-state index in [1.165, 1.54) is 12.1 Å². The summed E-state index contributed by atoms with van der Waals surface area (Å²) in [6.45, 7) is 5.94. The highest BCUT2D eigenvalue weighted by molar-refractivity contribution is 9.10. The normalized spacial score (nSPS) is 11.6. The average Bonchev–Trinajstić information content (AvgIpc) is 2.32. The summed E-state index contributed by atoms with van der Waals surface area (Å²) in [5.41, 5.74) is 0.0802. The van der Waals surface area contributed by atoms with E-state index in [0.717, 1.165) is 6.54 Å². The molecule has 0 aliphatic carbocycles. The third kappa shape index (κ3) is 4.30. The molecule has 1 aromatic rings. The summed E-state index contributed by atoms with van der Waals surface area (Å²) in [4.78, 5) is 2.17. The van der Waals surface area contributed by atoms with Gasteiger partial charge in [0.1, 0.15) is 11.6 Å². The van der Waals surface area contributed by atoms with E-state index in [9.17, 15) is 8.78 Å². The van der Waals surface area contributed by atoms with Crippen LogP contribution in [-0.4, -0.2) is 31.1 Å². The molecule has 1 rings (SSSR count). The van der Waals surface area contributed by atoms with Gasteiger partial charge in [-0.05, 0) is 49.0 Å². The standard InChI is InChI=1S/C13H19BrF2N2/c1-9(2)18(3)7-6-17-8-10-12(15)5-4-11(14)13(10)16/h4-5,9,17H,6-8H2,1-3H3. The van der Waals surface area contributed by atoms with Crippen LogP contribution in [0.4, 0.5) is 8.78 Å². The first-order valence-corrected chi connectivity index (χ1v) is 6.76. The van der Waals surface area contributed by atoms with Crippen molar-refractivity contribution < 1.29 is 8.78 Å². The Morgan fingerprint density at radius 1 is 1.33 bits per heavy atom. The van der Waals surface area contributed by atoms with Crippen molar-refractivity contribution >= 4 is 15.9 Å².